The Kier molecular flexibility index (Phi) is 5.42. The van der Waals surface area contributed by atoms with Crippen LogP contribution in [0.2, 0.25) is 0 Å². The van der Waals surface area contributed by atoms with Gasteiger partial charge in [-0.2, -0.15) is 5.10 Å². The van der Waals surface area contributed by atoms with Crippen molar-refractivity contribution in [1.82, 2.24) is 19.5 Å². The van der Waals surface area contributed by atoms with Crippen molar-refractivity contribution in [3.05, 3.63) is 108 Å². The molecular weight excluding hydrogens is 416 g/mol. The maximum Gasteiger partial charge on any atom is 0.294 e. The van der Waals surface area contributed by atoms with Crippen LogP contribution in [0.5, 0.6) is 5.75 Å². The average molecular weight is 438 g/mol. The van der Waals surface area contributed by atoms with Gasteiger partial charge in [0.1, 0.15) is 17.8 Å². The molecule has 8 heteroatoms. The number of imidazole rings is 1. The van der Waals surface area contributed by atoms with Crippen molar-refractivity contribution in [3.8, 4) is 11.4 Å². The predicted molar refractivity (Wildman–Crippen MR) is 124 cm³/mol. The van der Waals surface area contributed by atoms with E-state index >= 15 is 0 Å². The van der Waals surface area contributed by atoms with E-state index < -0.39 is 6.04 Å². The van der Waals surface area contributed by atoms with Crippen molar-refractivity contribution >= 4 is 11.6 Å². The molecule has 4 aromatic rings. The van der Waals surface area contributed by atoms with Gasteiger partial charge >= 0.3 is 0 Å². The van der Waals surface area contributed by atoms with Crippen molar-refractivity contribution in [2.45, 2.75) is 19.0 Å². The third-order valence-corrected chi connectivity index (χ3v) is 5.70. The highest BCUT2D eigenvalue weighted by Gasteiger charge is 2.36. The Bertz CT molecular complexity index is 1330. The molecule has 3 heterocycles. The number of hydrogen-bond donors (Lipinski definition) is 2. The molecule has 33 heavy (non-hydrogen) atoms. The van der Waals surface area contributed by atoms with Crippen LogP contribution >= 0.6 is 0 Å². The zero-order chi connectivity index (χ0) is 22.8. The monoisotopic (exact) mass is 438 g/mol. The Labute approximate surface area is 190 Å². The molecule has 0 spiro atoms. The third kappa shape index (κ3) is 3.88. The number of rotatable bonds is 5. The van der Waals surface area contributed by atoms with Crippen LogP contribution in [-0.2, 0) is 6.54 Å². The summed E-state index contributed by atoms with van der Waals surface area (Å²) in [6.45, 7) is 0.373. The Morgan fingerprint density at radius 1 is 1.09 bits per heavy atom. The number of nitrogens with zero attached hydrogens (tertiary/aromatic N) is 5. The van der Waals surface area contributed by atoms with E-state index in [1.54, 1.807) is 47.7 Å². The first-order chi connectivity index (χ1) is 16.2. The molecular formula is C25H22N6O2. The zero-order valence-electron chi connectivity index (χ0n) is 17.7. The van der Waals surface area contributed by atoms with Gasteiger partial charge in [-0.1, -0.05) is 42.5 Å². The van der Waals surface area contributed by atoms with E-state index in [0.717, 1.165) is 22.5 Å². The molecule has 164 valence electrons. The van der Waals surface area contributed by atoms with Gasteiger partial charge in [0.15, 0.2) is 0 Å². The number of aromatic hydroxyl groups is 1. The number of amides is 1. The lowest BCUT2D eigenvalue weighted by Gasteiger charge is -2.22. The normalized spacial score (nSPS) is 15.5. The van der Waals surface area contributed by atoms with Crippen LogP contribution in [-0.4, -0.2) is 36.3 Å². The molecule has 0 aliphatic carbocycles. The van der Waals surface area contributed by atoms with E-state index in [1.807, 2.05) is 42.5 Å². The topological polar surface area (TPSA) is 110 Å². The summed E-state index contributed by atoms with van der Waals surface area (Å²) in [5.41, 5.74) is 10.1. The average Bonchev–Trinajstić information content (AvgIpc) is 3.53. The summed E-state index contributed by atoms with van der Waals surface area (Å²) in [7, 11) is 0. The fourth-order valence-electron chi connectivity index (χ4n) is 4.03. The number of hydrazone groups is 1. The first-order valence-electron chi connectivity index (χ1n) is 10.6. The van der Waals surface area contributed by atoms with E-state index in [9.17, 15) is 9.90 Å². The maximum absolute atomic E-state index is 13.5. The highest BCUT2D eigenvalue weighted by Crippen LogP contribution is 2.37. The minimum atomic E-state index is -0.463. The molecule has 1 atom stereocenters. The van der Waals surface area contributed by atoms with Gasteiger partial charge in [-0.15, -0.1) is 0 Å². The lowest BCUT2D eigenvalue weighted by Crippen LogP contribution is -2.27. The lowest BCUT2D eigenvalue weighted by molar-refractivity contribution is 0.0704. The number of hydrogen-bond acceptors (Lipinski definition) is 6. The van der Waals surface area contributed by atoms with Crippen LogP contribution in [0.3, 0.4) is 0 Å². The van der Waals surface area contributed by atoms with E-state index in [-0.39, 0.29) is 17.4 Å². The first-order valence-corrected chi connectivity index (χ1v) is 10.6. The lowest BCUT2D eigenvalue weighted by atomic mass is 9.98. The highest BCUT2D eigenvalue weighted by atomic mass is 16.3. The quantitative estimate of drug-likeness (QED) is 0.496. The molecule has 2 aromatic heterocycles. The minimum Gasteiger partial charge on any atom is -0.508 e. The van der Waals surface area contributed by atoms with Crippen molar-refractivity contribution in [3.63, 3.8) is 0 Å². The highest BCUT2D eigenvalue weighted by molar-refractivity contribution is 6.04. The number of para-hydroxylation sites is 2. The second-order valence-corrected chi connectivity index (χ2v) is 7.72. The molecule has 3 N–H and O–H groups in total. The van der Waals surface area contributed by atoms with Gasteiger partial charge in [-0.3, -0.25) is 9.78 Å². The molecule has 1 amide bonds. The van der Waals surface area contributed by atoms with Crippen LogP contribution in [0.15, 0.2) is 90.7 Å². The number of benzene rings is 2. The summed E-state index contributed by atoms with van der Waals surface area (Å²) in [6.07, 6.45) is 7.13. The molecule has 8 nitrogen and oxygen atoms in total. The van der Waals surface area contributed by atoms with E-state index in [4.69, 9.17) is 5.73 Å². The van der Waals surface area contributed by atoms with Gasteiger partial charge in [0.25, 0.3) is 5.91 Å². The van der Waals surface area contributed by atoms with Gasteiger partial charge in [0.2, 0.25) is 0 Å². The molecule has 2 aromatic carbocycles. The fraction of sp³-hybridized carbons (Fsp3) is 0.120. The Hall–Kier alpha value is -4.30. The molecule has 1 aliphatic heterocycles. The second-order valence-electron chi connectivity index (χ2n) is 7.72. The summed E-state index contributed by atoms with van der Waals surface area (Å²) in [4.78, 5) is 22.1. The van der Waals surface area contributed by atoms with Crippen LogP contribution in [0.25, 0.3) is 5.69 Å². The largest absolute Gasteiger partial charge is 0.508 e. The second kappa shape index (κ2) is 8.68. The van der Waals surface area contributed by atoms with Crippen molar-refractivity contribution in [1.29, 1.82) is 0 Å². The van der Waals surface area contributed by atoms with Gasteiger partial charge in [0.05, 0.1) is 17.4 Å². The predicted octanol–water partition coefficient (Wildman–Crippen LogP) is 3.42. The van der Waals surface area contributed by atoms with Gasteiger partial charge < -0.3 is 15.4 Å². The van der Waals surface area contributed by atoms with E-state index in [2.05, 4.69) is 15.1 Å². The number of phenols is 1. The van der Waals surface area contributed by atoms with Crippen molar-refractivity contribution < 1.29 is 9.90 Å². The van der Waals surface area contributed by atoms with Crippen LogP contribution in [0, 0.1) is 0 Å². The number of pyridine rings is 1. The zero-order valence-corrected chi connectivity index (χ0v) is 17.7. The van der Waals surface area contributed by atoms with Crippen molar-refractivity contribution in [2.75, 3.05) is 0 Å². The summed E-state index contributed by atoms with van der Waals surface area (Å²) in [6, 6.07) is 18.0. The maximum atomic E-state index is 13.5. The number of nitrogens with two attached hydrogens (primary N) is 1. The fourth-order valence-corrected chi connectivity index (χ4v) is 4.03. The SMILES string of the molecule is NCc1ccccc1-n1cnc(C(=O)N2N=C(c3cccnc3)CC2c2ccccc2O)c1. The first kappa shape index (κ1) is 20.6. The molecule has 0 saturated heterocycles. The molecule has 0 fully saturated rings. The standard InChI is InChI=1S/C25H22N6O2/c26-13-17-6-1-3-9-22(17)30-15-21(28-16-30)25(33)31-23(19-8-2-4-10-24(19)32)12-20(29-31)18-7-5-11-27-14-18/h1-11,14-16,23,32H,12-13,26H2. The van der Waals surface area contributed by atoms with Crippen LogP contribution in [0.4, 0.5) is 0 Å². The molecule has 0 bridgehead atoms. The number of aromatic nitrogens is 3. The van der Waals surface area contributed by atoms with Crippen LogP contribution in [0.1, 0.15) is 39.6 Å². The van der Waals surface area contributed by atoms with Crippen molar-refractivity contribution in [2.24, 2.45) is 10.8 Å². The summed E-state index contributed by atoms with van der Waals surface area (Å²) in [5.74, 6) is -0.239. The van der Waals surface area contributed by atoms with Gasteiger partial charge in [0, 0.05) is 42.7 Å². The number of carbonyl (C=O) groups excluding carboxylic acids is 1. The van der Waals surface area contributed by atoms with E-state index in [0.29, 0.717) is 18.5 Å². The van der Waals surface area contributed by atoms with Gasteiger partial charge in [-0.05, 0) is 23.8 Å². The van der Waals surface area contributed by atoms with E-state index in [1.165, 1.54) is 5.01 Å². The summed E-state index contributed by atoms with van der Waals surface area (Å²) >= 11 is 0. The minimum absolute atomic E-state index is 0.116. The third-order valence-electron chi connectivity index (χ3n) is 5.70. The molecule has 1 unspecified atom stereocenters. The van der Waals surface area contributed by atoms with Gasteiger partial charge in [-0.25, -0.2) is 9.99 Å². The Morgan fingerprint density at radius 2 is 1.91 bits per heavy atom. The summed E-state index contributed by atoms with van der Waals surface area (Å²) < 4.78 is 1.78. The van der Waals surface area contributed by atoms with Crippen LogP contribution < -0.4 is 5.73 Å². The smallest absolute Gasteiger partial charge is 0.294 e. The number of phenolic OH excluding ortho intramolecular Hbond substituents is 1. The Morgan fingerprint density at radius 3 is 2.70 bits per heavy atom. The molecule has 0 radical (unpaired) electrons. The molecule has 0 saturated carbocycles. The molecule has 1 aliphatic rings. The Balaban J connectivity index is 1.52. The molecule has 5 rings (SSSR count). The summed E-state index contributed by atoms with van der Waals surface area (Å²) in [5, 5.41) is 16.5. The number of carbonyl (C=O) groups is 1.